The predicted molar refractivity (Wildman–Crippen MR) is 102 cm³/mol. The Labute approximate surface area is 166 Å². The second-order valence-corrected chi connectivity index (χ2v) is 7.55. The van der Waals surface area contributed by atoms with Gasteiger partial charge < -0.3 is 29.7 Å². The van der Waals surface area contributed by atoms with Gasteiger partial charge in [0.05, 0.1) is 12.7 Å². The maximum absolute atomic E-state index is 11.6. The topological polar surface area (TPSA) is 163 Å². The number of nitrogens with two attached hydrogens (primary N) is 1. The Balaban J connectivity index is 0.000000253. The summed E-state index contributed by atoms with van der Waals surface area (Å²) in [6.07, 6.45) is 0.350. The van der Waals surface area contributed by atoms with Crippen molar-refractivity contribution in [2.24, 2.45) is 0 Å². The zero-order chi connectivity index (χ0) is 21.4. The molecule has 1 aromatic heterocycles. The highest BCUT2D eigenvalue weighted by Gasteiger charge is 2.29. The summed E-state index contributed by atoms with van der Waals surface area (Å²) in [5.74, 6) is -0.172. The number of methoxy groups -OCH3 is 1. The number of esters is 1. The minimum atomic E-state index is -4.23. The summed E-state index contributed by atoms with van der Waals surface area (Å²) in [6.45, 7) is 0. The highest BCUT2D eigenvalue weighted by Crippen LogP contribution is 2.36. The van der Waals surface area contributed by atoms with Crippen LogP contribution in [0.2, 0.25) is 0 Å². The van der Waals surface area contributed by atoms with Crippen LogP contribution < -0.4 is 11.4 Å². The van der Waals surface area contributed by atoms with Gasteiger partial charge in [0.15, 0.2) is 12.6 Å². The fourth-order valence-electron chi connectivity index (χ4n) is 2.43. The van der Waals surface area contributed by atoms with Gasteiger partial charge >= 0.3 is 19.3 Å². The first-order chi connectivity index (χ1) is 13.7. The summed E-state index contributed by atoms with van der Waals surface area (Å²) in [6, 6.07) is 10.3. The number of carbonyl (C=O) groups is 1. The zero-order valence-electron chi connectivity index (χ0n) is 15.6. The van der Waals surface area contributed by atoms with E-state index >= 15 is 0 Å². The van der Waals surface area contributed by atoms with Crippen molar-refractivity contribution in [2.45, 2.75) is 25.4 Å². The Morgan fingerprint density at radius 1 is 1.31 bits per heavy atom. The molecular formula is C17H22N3O8P. The van der Waals surface area contributed by atoms with Gasteiger partial charge in [-0.2, -0.15) is 4.98 Å². The lowest BCUT2D eigenvalue weighted by Gasteiger charge is -2.16. The van der Waals surface area contributed by atoms with Crippen molar-refractivity contribution in [1.82, 2.24) is 9.55 Å². The minimum Gasteiger partial charge on any atom is -0.465 e. The molecule has 1 saturated heterocycles. The molecule has 1 fully saturated rings. The summed E-state index contributed by atoms with van der Waals surface area (Å²) >= 11 is 0. The number of carbonyl (C=O) groups excluding carboxylic acids is 1. The van der Waals surface area contributed by atoms with E-state index in [1.807, 2.05) is 6.07 Å². The third-order valence-electron chi connectivity index (χ3n) is 3.74. The highest BCUT2D eigenvalue weighted by atomic mass is 31.2. The second kappa shape index (κ2) is 10.3. The number of aromatic nitrogens is 2. The molecule has 158 valence electrons. The summed E-state index contributed by atoms with van der Waals surface area (Å²) in [4.78, 5) is 43.3. The van der Waals surface area contributed by atoms with Crippen molar-refractivity contribution in [1.29, 1.82) is 0 Å². The molecule has 0 amide bonds. The Bertz CT molecular complexity index is 914. The normalized spacial score (nSPS) is 18.6. The molecule has 29 heavy (non-hydrogen) atoms. The first kappa shape index (κ1) is 22.7. The molecule has 1 aromatic carbocycles. The highest BCUT2D eigenvalue weighted by molar-refractivity contribution is 7.51. The number of benzene rings is 1. The summed E-state index contributed by atoms with van der Waals surface area (Å²) in [7, 11) is -2.86. The van der Waals surface area contributed by atoms with Crippen molar-refractivity contribution in [2.75, 3.05) is 19.2 Å². The van der Waals surface area contributed by atoms with E-state index in [0.29, 0.717) is 18.4 Å². The van der Waals surface area contributed by atoms with Gasteiger partial charge in [-0.25, -0.2) is 9.59 Å². The fraction of sp³-hybridized carbons (Fsp3) is 0.353. The van der Waals surface area contributed by atoms with Crippen LogP contribution >= 0.6 is 7.60 Å². The van der Waals surface area contributed by atoms with Gasteiger partial charge in [0.2, 0.25) is 0 Å². The van der Waals surface area contributed by atoms with Gasteiger partial charge in [0, 0.05) is 12.6 Å². The summed E-state index contributed by atoms with van der Waals surface area (Å²) < 4.78 is 26.7. The Morgan fingerprint density at radius 3 is 2.59 bits per heavy atom. The molecule has 11 nitrogen and oxygen atoms in total. The van der Waals surface area contributed by atoms with Gasteiger partial charge in [-0.1, -0.05) is 18.2 Å². The van der Waals surface area contributed by atoms with Crippen molar-refractivity contribution < 1.29 is 33.4 Å². The van der Waals surface area contributed by atoms with Crippen molar-refractivity contribution >= 4 is 19.4 Å². The van der Waals surface area contributed by atoms with Gasteiger partial charge in [-0.15, -0.1) is 0 Å². The largest absolute Gasteiger partial charge is 0.465 e. The van der Waals surface area contributed by atoms with Crippen LogP contribution in [0.5, 0.6) is 0 Å². The van der Waals surface area contributed by atoms with Crippen LogP contribution in [0.3, 0.4) is 0 Å². The van der Waals surface area contributed by atoms with Crippen molar-refractivity contribution in [3.8, 4) is 0 Å². The van der Waals surface area contributed by atoms with Gasteiger partial charge in [0.1, 0.15) is 12.0 Å². The quantitative estimate of drug-likeness (QED) is 0.465. The predicted octanol–water partition coefficient (Wildman–Crippen LogP) is 1.09. The molecule has 1 aliphatic heterocycles. The lowest BCUT2D eigenvalue weighted by Crippen LogP contribution is -2.27. The van der Waals surface area contributed by atoms with Crippen LogP contribution in [0.1, 0.15) is 29.4 Å². The van der Waals surface area contributed by atoms with E-state index in [1.165, 1.54) is 23.9 Å². The van der Waals surface area contributed by atoms with E-state index in [0.717, 1.165) is 0 Å². The van der Waals surface area contributed by atoms with Crippen LogP contribution in [0, 0.1) is 0 Å². The van der Waals surface area contributed by atoms with E-state index in [4.69, 9.17) is 25.0 Å². The third kappa shape index (κ3) is 7.41. The maximum Gasteiger partial charge on any atom is 0.351 e. The Morgan fingerprint density at radius 2 is 2.00 bits per heavy atom. The number of anilines is 1. The molecule has 1 aliphatic rings. The number of nitrogen functional groups attached to an aromatic ring is 1. The van der Waals surface area contributed by atoms with E-state index in [2.05, 4.69) is 9.72 Å². The molecule has 2 heterocycles. The maximum atomic E-state index is 11.6. The smallest absolute Gasteiger partial charge is 0.351 e. The molecule has 0 aliphatic carbocycles. The molecule has 2 aromatic rings. The fourth-order valence-corrected chi connectivity index (χ4v) is 2.80. The molecule has 0 unspecified atom stereocenters. The second-order valence-electron chi connectivity index (χ2n) is 5.96. The van der Waals surface area contributed by atoms with E-state index in [1.54, 1.807) is 24.3 Å². The monoisotopic (exact) mass is 427 g/mol. The first-order valence-corrected chi connectivity index (χ1v) is 10.3. The molecule has 0 saturated carbocycles. The number of rotatable bonds is 5. The van der Waals surface area contributed by atoms with Gasteiger partial charge in [-0.05, 0) is 24.6 Å². The molecule has 0 bridgehead atoms. The Hall–Kier alpha value is -2.56. The van der Waals surface area contributed by atoms with Crippen LogP contribution in [0.25, 0.3) is 0 Å². The van der Waals surface area contributed by atoms with Crippen LogP contribution in [-0.2, 0) is 18.8 Å². The molecule has 3 rings (SSSR count). The van der Waals surface area contributed by atoms with E-state index < -0.39 is 32.2 Å². The average Bonchev–Trinajstić information content (AvgIpc) is 3.15. The minimum absolute atomic E-state index is 0.119. The third-order valence-corrected chi connectivity index (χ3v) is 4.23. The van der Waals surface area contributed by atoms with E-state index in [9.17, 15) is 14.2 Å². The molecular weight excluding hydrogens is 405 g/mol. The summed E-state index contributed by atoms with van der Waals surface area (Å²) in [5.41, 5.74) is 5.42. The number of nitrogens with zero attached hydrogens (tertiary/aromatic N) is 2. The number of hydrogen-bond acceptors (Lipinski definition) is 8. The van der Waals surface area contributed by atoms with Crippen LogP contribution in [0.4, 0.5) is 5.82 Å². The number of hydrogen-bond donors (Lipinski definition) is 3. The average molecular weight is 427 g/mol. The van der Waals surface area contributed by atoms with Gasteiger partial charge in [-0.3, -0.25) is 9.13 Å². The van der Waals surface area contributed by atoms with Crippen LogP contribution in [-0.4, -0.2) is 45.1 Å². The van der Waals surface area contributed by atoms with Crippen LogP contribution in [0.15, 0.2) is 47.4 Å². The lowest BCUT2D eigenvalue weighted by molar-refractivity contribution is -0.142. The van der Waals surface area contributed by atoms with E-state index in [-0.39, 0.29) is 11.8 Å². The van der Waals surface area contributed by atoms with Crippen molar-refractivity contribution in [3.63, 3.8) is 0 Å². The van der Waals surface area contributed by atoms with Crippen molar-refractivity contribution in [3.05, 3.63) is 58.6 Å². The first-order valence-electron chi connectivity index (χ1n) is 8.49. The Kier molecular flexibility index (Phi) is 8.06. The molecule has 0 radical (unpaired) electrons. The molecule has 0 spiro atoms. The lowest BCUT2D eigenvalue weighted by atomic mass is 10.2. The molecule has 4 N–H and O–H groups in total. The summed E-state index contributed by atoms with van der Waals surface area (Å²) in [5, 5.41) is 0. The standard InChI is InChI=1S/C9H14N3O6P.C8H8O2/c10-6-3-4-12(9(13)11-6)7-1-2-8(18-7)17-5-19(14,15)16;1-10-8(9)7-5-3-2-4-6-7/h3-4,7-8H,1-2,5H2,(H2,10,11,13)(H2,14,15,16);2-6H,1H3/t7-,8+;/m1./s1. The van der Waals surface area contributed by atoms with Gasteiger partial charge in [0.25, 0.3) is 0 Å². The molecule has 12 heteroatoms. The SMILES string of the molecule is COC(=O)c1ccccc1.Nc1ccn([C@H]2CC[C@@H](OCP(=O)(O)O)O2)c(=O)n1. The zero-order valence-corrected chi connectivity index (χ0v) is 16.5. The number of ether oxygens (including phenoxy) is 3. The molecule has 2 atom stereocenters.